The first kappa shape index (κ1) is 21.5. The molecule has 3 atom stereocenters. The number of carbonyl (C=O) groups excluding carboxylic acids is 1. The van der Waals surface area contributed by atoms with Crippen LogP contribution in [0, 0.1) is 17.3 Å². The van der Waals surface area contributed by atoms with Gasteiger partial charge in [-0.05, 0) is 69.4 Å². The second-order valence-electron chi connectivity index (χ2n) is 11.5. The third kappa shape index (κ3) is 4.08. The molecule has 6 nitrogen and oxygen atoms in total. The predicted molar refractivity (Wildman–Crippen MR) is 122 cm³/mol. The number of fused-ring (bicyclic) bond motifs is 2. The summed E-state index contributed by atoms with van der Waals surface area (Å²) in [4.78, 5) is 17.3. The van der Waals surface area contributed by atoms with Crippen molar-refractivity contribution in [2.75, 3.05) is 36.4 Å². The number of carbonyl (C=O) groups is 1. The Balaban J connectivity index is 1.37. The Kier molecular flexibility index (Phi) is 5.58. The van der Waals surface area contributed by atoms with Crippen molar-refractivity contribution >= 4 is 17.5 Å². The fourth-order valence-electron chi connectivity index (χ4n) is 5.50. The topological polar surface area (TPSA) is 61.4 Å². The van der Waals surface area contributed by atoms with Crippen LogP contribution in [0.3, 0.4) is 0 Å². The second kappa shape index (κ2) is 7.77. The Bertz CT molecular complexity index is 785. The molecule has 3 heterocycles. The van der Waals surface area contributed by atoms with Crippen LogP contribution in [-0.2, 0) is 10.2 Å². The summed E-state index contributed by atoms with van der Waals surface area (Å²) < 4.78 is 0. The highest BCUT2D eigenvalue weighted by Gasteiger charge is 2.46. The first-order valence-corrected chi connectivity index (χ1v) is 11.8. The van der Waals surface area contributed by atoms with Crippen LogP contribution in [0.1, 0.15) is 72.8 Å². The third-order valence-electron chi connectivity index (χ3n) is 7.29. The van der Waals surface area contributed by atoms with E-state index in [1.54, 1.807) is 4.90 Å². The molecule has 1 aromatic heterocycles. The molecule has 1 amide bonds. The van der Waals surface area contributed by atoms with Crippen LogP contribution in [0.25, 0.3) is 0 Å². The second-order valence-corrected chi connectivity index (χ2v) is 11.5. The van der Waals surface area contributed by atoms with Gasteiger partial charge in [0.1, 0.15) is 5.82 Å². The minimum absolute atomic E-state index is 0.136. The molecule has 1 saturated carbocycles. The molecule has 0 spiro atoms. The van der Waals surface area contributed by atoms with Crippen LogP contribution in [0.2, 0.25) is 0 Å². The number of hydrogen-bond acceptors (Lipinski definition) is 5. The number of amides is 1. The molecule has 0 bridgehead atoms. The number of nitrogens with zero attached hydrogens (tertiary/aromatic N) is 4. The molecular weight excluding hydrogens is 374 g/mol. The lowest BCUT2D eigenvalue weighted by Gasteiger charge is -2.24. The minimum atomic E-state index is -0.531. The van der Waals surface area contributed by atoms with Crippen molar-refractivity contribution in [3.63, 3.8) is 0 Å². The summed E-state index contributed by atoms with van der Waals surface area (Å²) in [5.41, 5.74) is 0.886. The highest BCUT2D eigenvalue weighted by atomic mass is 16.2. The van der Waals surface area contributed by atoms with E-state index in [2.05, 4.69) is 54.2 Å². The number of hydrogen-bond donors (Lipinski definition) is 1. The van der Waals surface area contributed by atoms with Gasteiger partial charge in [0.2, 0.25) is 5.91 Å². The number of aromatic nitrogens is 2. The molecule has 0 aromatic carbocycles. The minimum Gasteiger partial charge on any atom is -0.366 e. The van der Waals surface area contributed by atoms with Crippen molar-refractivity contribution < 1.29 is 4.79 Å². The zero-order valence-corrected chi connectivity index (χ0v) is 19.7. The molecule has 30 heavy (non-hydrogen) atoms. The summed E-state index contributed by atoms with van der Waals surface area (Å²) in [5.74, 6) is 3.29. The van der Waals surface area contributed by atoms with E-state index >= 15 is 0 Å². The lowest BCUT2D eigenvalue weighted by molar-refractivity contribution is -0.122. The van der Waals surface area contributed by atoms with E-state index in [0.717, 1.165) is 35.5 Å². The van der Waals surface area contributed by atoms with Crippen LogP contribution in [0.5, 0.6) is 0 Å². The van der Waals surface area contributed by atoms with Crippen molar-refractivity contribution in [1.29, 1.82) is 0 Å². The van der Waals surface area contributed by atoms with Gasteiger partial charge in [0.05, 0.1) is 5.41 Å². The molecule has 4 rings (SSSR count). The van der Waals surface area contributed by atoms with Crippen LogP contribution >= 0.6 is 0 Å². The largest absolute Gasteiger partial charge is 0.366 e. The summed E-state index contributed by atoms with van der Waals surface area (Å²) in [7, 11) is 0. The Hall–Kier alpha value is -1.69. The van der Waals surface area contributed by atoms with E-state index < -0.39 is 5.41 Å². The molecule has 1 aliphatic carbocycles. The lowest BCUT2D eigenvalue weighted by atomic mass is 9.87. The standard InChI is InChI=1S/C24H39N5O/c1-7-9-29-21-19(24(5,6)22(29)30)13-20(26-27-21)25-18-11-16-14-28(15-17(16)12-18)10-8-23(2,3)4/h13,16-18H,7-12,14-15H2,1-6H3,(H,25,26)/t16-,17?,18?/m1/s1. The fourth-order valence-corrected chi connectivity index (χ4v) is 5.50. The first-order chi connectivity index (χ1) is 14.1. The average Bonchev–Trinajstić information content (AvgIpc) is 3.26. The molecule has 3 aliphatic rings. The Morgan fingerprint density at radius 3 is 2.40 bits per heavy atom. The molecule has 166 valence electrons. The smallest absolute Gasteiger partial charge is 0.238 e. The van der Waals surface area contributed by atoms with Gasteiger partial charge in [0, 0.05) is 31.2 Å². The van der Waals surface area contributed by atoms with Gasteiger partial charge in [-0.3, -0.25) is 9.69 Å². The van der Waals surface area contributed by atoms with Gasteiger partial charge >= 0.3 is 0 Å². The molecule has 1 saturated heterocycles. The summed E-state index contributed by atoms with van der Waals surface area (Å²) >= 11 is 0. The number of likely N-dealkylation sites (tertiary alicyclic amines) is 1. The van der Waals surface area contributed by atoms with E-state index in [4.69, 9.17) is 0 Å². The SMILES string of the molecule is CCCN1C(=O)C(C)(C)c2cc(NC3CC4CN(CCC(C)(C)C)C[C@H]4C3)nnc21. The van der Waals surface area contributed by atoms with E-state index in [0.29, 0.717) is 18.0 Å². The van der Waals surface area contributed by atoms with E-state index in [1.807, 2.05) is 13.8 Å². The summed E-state index contributed by atoms with van der Waals surface area (Å²) in [6, 6.07) is 2.53. The fraction of sp³-hybridized carbons (Fsp3) is 0.792. The molecule has 1 aromatic rings. The highest BCUT2D eigenvalue weighted by Crippen LogP contribution is 2.42. The van der Waals surface area contributed by atoms with Gasteiger partial charge in [-0.25, -0.2) is 0 Å². The summed E-state index contributed by atoms with van der Waals surface area (Å²) in [6.07, 6.45) is 4.60. The normalized spacial score (nSPS) is 28.1. The maximum atomic E-state index is 12.8. The van der Waals surface area contributed by atoms with Crippen molar-refractivity contribution in [3.8, 4) is 0 Å². The third-order valence-corrected chi connectivity index (χ3v) is 7.29. The zero-order valence-electron chi connectivity index (χ0n) is 19.7. The number of rotatable bonds is 6. The van der Waals surface area contributed by atoms with Gasteiger partial charge in [0.15, 0.2) is 5.82 Å². The van der Waals surface area contributed by atoms with Gasteiger partial charge in [-0.15, -0.1) is 10.2 Å². The Morgan fingerprint density at radius 1 is 1.13 bits per heavy atom. The Labute approximate surface area is 181 Å². The number of anilines is 2. The van der Waals surface area contributed by atoms with E-state index in [1.165, 1.54) is 38.9 Å². The van der Waals surface area contributed by atoms with Crippen LogP contribution in [0.4, 0.5) is 11.6 Å². The molecule has 6 heteroatoms. The predicted octanol–water partition coefficient (Wildman–Crippen LogP) is 4.07. The lowest BCUT2D eigenvalue weighted by Crippen LogP contribution is -2.36. The van der Waals surface area contributed by atoms with Gasteiger partial charge in [-0.1, -0.05) is 27.7 Å². The quantitative estimate of drug-likeness (QED) is 0.762. The molecule has 2 fully saturated rings. The van der Waals surface area contributed by atoms with Crippen molar-refractivity contribution in [1.82, 2.24) is 15.1 Å². The zero-order chi connectivity index (χ0) is 21.7. The number of nitrogens with one attached hydrogen (secondary N) is 1. The van der Waals surface area contributed by atoms with Crippen molar-refractivity contribution in [3.05, 3.63) is 11.6 Å². The maximum absolute atomic E-state index is 12.8. The van der Waals surface area contributed by atoms with Crippen LogP contribution < -0.4 is 10.2 Å². The molecule has 2 unspecified atom stereocenters. The molecular formula is C24H39N5O. The molecule has 2 aliphatic heterocycles. The van der Waals surface area contributed by atoms with Crippen LogP contribution in [0.15, 0.2) is 6.07 Å². The monoisotopic (exact) mass is 413 g/mol. The van der Waals surface area contributed by atoms with Crippen LogP contribution in [-0.4, -0.2) is 53.2 Å². The van der Waals surface area contributed by atoms with E-state index in [-0.39, 0.29) is 5.91 Å². The maximum Gasteiger partial charge on any atom is 0.238 e. The highest BCUT2D eigenvalue weighted by molar-refractivity contribution is 6.06. The van der Waals surface area contributed by atoms with Gasteiger partial charge in [0.25, 0.3) is 0 Å². The van der Waals surface area contributed by atoms with Crippen molar-refractivity contribution in [2.45, 2.75) is 78.7 Å². The Morgan fingerprint density at radius 2 is 1.80 bits per heavy atom. The summed E-state index contributed by atoms with van der Waals surface area (Å²) in [6.45, 7) is 17.5. The molecule has 1 N–H and O–H groups in total. The van der Waals surface area contributed by atoms with Gasteiger partial charge < -0.3 is 10.2 Å². The van der Waals surface area contributed by atoms with E-state index in [9.17, 15) is 4.79 Å². The summed E-state index contributed by atoms with van der Waals surface area (Å²) in [5, 5.41) is 12.6. The van der Waals surface area contributed by atoms with Gasteiger partial charge in [-0.2, -0.15) is 0 Å². The first-order valence-electron chi connectivity index (χ1n) is 11.8. The average molecular weight is 414 g/mol. The van der Waals surface area contributed by atoms with Crippen molar-refractivity contribution in [2.24, 2.45) is 17.3 Å². The molecule has 0 radical (unpaired) electrons.